The molecule has 1 atom stereocenters. The van der Waals surface area contributed by atoms with Gasteiger partial charge in [0.25, 0.3) is 5.91 Å². The minimum Gasteiger partial charge on any atom is -0.507 e. The molecule has 0 unspecified atom stereocenters. The van der Waals surface area contributed by atoms with Crippen molar-refractivity contribution < 1.29 is 19.8 Å². The smallest absolute Gasteiger partial charge is 0.326 e. The Labute approximate surface area is 119 Å². The zero-order valence-electron chi connectivity index (χ0n) is 10.5. The lowest BCUT2D eigenvalue weighted by atomic mass is 10.1. The van der Waals surface area contributed by atoms with Crippen molar-refractivity contribution in [3.05, 3.63) is 28.2 Å². The number of carbonyl (C=O) groups is 2. The van der Waals surface area contributed by atoms with Crippen LogP contribution in [0.1, 0.15) is 36.5 Å². The van der Waals surface area contributed by atoms with Gasteiger partial charge in [-0.15, -0.1) is 0 Å². The predicted molar refractivity (Wildman–Crippen MR) is 74.2 cm³/mol. The molecule has 0 fully saturated rings. The number of carbonyl (C=O) groups excluding carboxylic acids is 1. The van der Waals surface area contributed by atoms with E-state index in [1.54, 1.807) is 0 Å². The Morgan fingerprint density at radius 3 is 2.63 bits per heavy atom. The van der Waals surface area contributed by atoms with Crippen LogP contribution in [-0.2, 0) is 4.79 Å². The first-order chi connectivity index (χ1) is 8.95. The number of nitrogens with one attached hydrogen (secondary N) is 1. The molecule has 0 bridgehead atoms. The van der Waals surface area contributed by atoms with E-state index in [1.807, 2.05) is 6.92 Å². The van der Waals surface area contributed by atoms with Crippen molar-refractivity contribution in [2.45, 2.75) is 32.2 Å². The Bertz CT molecular complexity index is 476. The molecule has 5 nitrogen and oxygen atoms in total. The lowest BCUT2D eigenvalue weighted by Gasteiger charge is -2.14. The van der Waals surface area contributed by atoms with Gasteiger partial charge in [0.2, 0.25) is 0 Å². The number of aromatic hydroxyl groups is 1. The molecule has 1 amide bonds. The molecule has 0 spiro atoms. The molecule has 19 heavy (non-hydrogen) atoms. The van der Waals surface area contributed by atoms with Crippen LogP contribution in [0, 0.1) is 0 Å². The Kier molecular flexibility index (Phi) is 5.82. The van der Waals surface area contributed by atoms with Gasteiger partial charge in [-0.3, -0.25) is 4.79 Å². The first kappa shape index (κ1) is 15.5. The third kappa shape index (κ3) is 4.55. The zero-order chi connectivity index (χ0) is 14.4. The number of carboxylic acid groups (broad SMARTS) is 1. The fourth-order valence-corrected chi connectivity index (χ4v) is 1.81. The summed E-state index contributed by atoms with van der Waals surface area (Å²) in [5.41, 5.74) is 0.225. The van der Waals surface area contributed by atoms with E-state index in [0.717, 1.165) is 12.8 Å². The van der Waals surface area contributed by atoms with Crippen LogP contribution in [-0.4, -0.2) is 28.1 Å². The molecular weight excluding hydrogens is 314 g/mol. The van der Waals surface area contributed by atoms with E-state index in [-0.39, 0.29) is 11.3 Å². The summed E-state index contributed by atoms with van der Waals surface area (Å²) in [6.07, 6.45) is 1.97. The van der Waals surface area contributed by atoms with Gasteiger partial charge in [0.15, 0.2) is 0 Å². The SMILES string of the molecule is CCCC[C@H](NC(=O)c1ccc(Br)c(O)c1)C(=O)O. The molecule has 0 saturated heterocycles. The van der Waals surface area contributed by atoms with E-state index in [4.69, 9.17) is 5.11 Å². The van der Waals surface area contributed by atoms with E-state index in [1.165, 1.54) is 18.2 Å². The predicted octanol–water partition coefficient (Wildman–Crippen LogP) is 2.53. The highest BCUT2D eigenvalue weighted by Crippen LogP contribution is 2.24. The van der Waals surface area contributed by atoms with E-state index >= 15 is 0 Å². The second-order valence-corrected chi connectivity index (χ2v) is 5.03. The first-order valence-corrected chi connectivity index (χ1v) is 6.77. The van der Waals surface area contributed by atoms with Gasteiger partial charge in [0, 0.05) is 5.56 Å². The maximum atomic E-state index is 11.9. The molecule has 0 aliphatic carbocycles. The standard InChI is InChI=1S/C13H16BrNO4/c1-2-3-4-10(13(18)19)15-12(17)8-5-6-9(14)11(16)7-8/h5-7,10,16H,2-4H2,1H3,(H,15,17)(H,18,19)/t10-/m0/s1. The van der Waals surface area contributed by atoms with Crippen molar-refractivity contribution in [3.63, 3.8) is 0 Å². The van der Waals surface area contributed by atoms with Crippen LogP contribution >= 0.6 is 15.9 Å². The minimum atomic E-state index is -1.05. The molecule has 0 aliphatic heterocycles. The Morgan fingerprint density at radius 1 is 1.42 bits per heavy atom. The molecule has 0 aliphatic rings. The summed E-state index contributed by atoms with van der Waals surface area (Å²) < 4.78 is 0.477. The molecule has 104 valence electrons. The molecule has 1 rings (SSSR count). The molecule has 0 radical (unpaired) electrons. The summed E-state index contributed by atoms with van der Waals surface area (Å²) in [5.74, 6) is -1.62. The number of amides is 1. The number of phenols is 1. The molecule has 0 aromatic heterocycles. The first-order valence-electron chi connectivity index (χ1n) is 5.98. The van der Waals surface area contributed by atoms with Crippen LogP contribution in [0.4, 0.5) is 0 Å². The summed E-state index contributed by atoms with van der Waals surface area (Å²) in [5, 5.41) is 21.0. The summed E-state index contributed by atoms with van der Waals surface area (Å²) in [7, 11) is 0. The number of rotatable bonds is 6. The highest BCUT2D eigenvalue weighted by atomic mass is 79.9. The summed E-state index contributed by atoms with van der Waals surface area (Å²) >= 11 is 3.11. The Hall–Kier alpha value is -1.56. The van der Waals surface area contributed by atoms with Gasteiger partial charge in [0.1, 0.15) is 11.8 Å². The number of halogens is 1. The van der Waals surface area contributed by atoms with Crippen LogP contribution < -0.4 is 5.32 Å². The molecule has 0 saturated carbocycles. The lowest BCUT2D eigenvalue weighted by molar-refractivity contribution is -0.139. The second-order valence-electron chi connectivity index (χ2n) is 4.17. The lowest BCUT2D eigenvalue weighted by Crippen LogP contribution is -2.40. The van der Waals surface area contributed by atoms with Gasteiger partial charge in [-0.1, -0.05) is 19.8 Å². The van der Waals surface area contributed by atoms with Crippen LogP contribution in [0.5, 0.6) is 5.75 Å². The van der Waals surface area contributed by atoms with Crippen molar-refractivity contribution in [1.29, 1.82) is 0 Å². The highest BCUT2D eigenvalue weighted by Gasteiger charge is 2.20. The highest BCUT2D eigenvalue weighted by molar-refractivity contribution is 9.10. The van der Waals surface area contributed by atoms with Crippen molar-refractivity contribution in [3.8, 4) is 5.75 Å². The topological polar surface area (TPSA) is 86.6 Å². The number of aliphatic carboxylic acids is 1. The van der Waals surface area contributed by atoms with Gasteiger partial charge in [-0.2, -0.15) is 0 Å². The summed E-state index contributed by atoms with van der Waals surface area (Å²) in [4.78, 5) is 22.9. The van der Waals surface area contributed by atoms with Crippen LogP contribution in [0.25, 0.3) is 0 Å². The molecule has 1 aromatic carbocycles. The Morgan fingerprint density at radius 2 is 2.11 bits per heavy atom. The van der Waals surface area contributed by atoms with Crippen molar-refractivity contribution in [1.82, 2.24) is 5.32 Å². The number of unbranched alkanes of at least 4 members (excludes halogenated alkanes) is 1. The van der Waals surface area contributed by atoms with Crippen molar-refractivity contribution >= 4 is 27.8 Å². The maximum Gasteiger partial charge on any atom is 0.326 e. The molecule has 6 heteroatoms. The summed E-state index contributed by atoms with van der Waals surface area (Å²) in [6.45, 7) is 1.95. The zero-order valence-corrected chi connectivity index (χ0v) is 12.1. The monoisotopic (exact) mass is 329 g/mol. The Balaban J connectivity index is 2.75. The van der Waals surface area contributed by atoms with Crippen LogP contribution in [0.2, 0.25) is 0 Å². The fourth-order valence-electron chi connectivity index (χ4n) is 1.56. The van der Waals surface area contributed by atoms with Crippen LogP contribution in [0.3, 0.4) is 0 Å². The van der Waals surface area contributed by atoms with Gasteiger partial charge >= 0.3 is 5.97 Å². The van der Waals surface area contributed by atoms with Gasteiger partial charge in [-0.05, 0) is 40.5 Å². The van der Waals surface area contributed by atoms with Crippen LogP contribution in [0.15, 0.2) is 22.7 Å². The molecule has 0 heterocycles. The quantitative estimate of drug-likeness (QED) is 0.748. The molecule has 1 aromatic rings. The fraction of sp³-hybridized carbons (Fsp3) is 0.385. The average Bonchev–Trinajstić information content (AvgIpc) is 2.37. The van der Waals surface area contributed by atoms with Gasteiger partial charge < -0.3 is 15.5 Å². The summed E-state index contributed by atoms with van der Waals surface area (Å²) in [6, 6.07) is 3.43. The number of phenolic OH excluding ortho intramolecular Hbond substituents is 1. The average molecular weight is 330 g/mol. The molecular formula is C13H16BrNO4. The van der Waals surface area contributed by atoms with E-state index < -0.39 is 17.9 Å². The van der Waals surface area contributed by atoms with Gasteiger partial charge in [-0.25, -0.2) is 4.79 Å². The van der Waals surface area contributed by atoms with E-state index in [9.17, 15) is 14.7 Å². The third-order valence-corrected chi connectivity index (χ3v) is 3.33. The van der Waals surface area contributed by atoms with E-state index in [0.29, 0.717) is 10.9 Å². The number of carboxylic acids is 1. The number of benzene rings is 1. The number of hydrogen-bond donors (Lipinski definition) is 3. The molecule has 3 N–H and O–H groups in total. The van der Waals surface area contributed by atoms with Crippen molar-refractivity contribution in [2.24, 2.45) is 0 Å². The largest absolute Gasteiger partial charge is 0.507 e. The van der Waals surface area contributed by atoms with Crippen molar-refractivity contribution in [2.75, 3.05) is 0 Å². The minimum absolute atomic E-state index is 0.0620. The normalized spacial score (nSPS) is 11.9. The van der Waals surface area contributed by atoms with Gasteiger partial charge in [0.05, 0.1) is 4.47 Å². The third-order valence-electron chi connectivity index (χ3n) is 2.66. The maximum absolute atomic E-state index is 11.9. The second kappa shape index (κ2) is 7.13. The van der Waals surface area contributed by atoms with E-state index in [2.05, 4.69) is 21.2 Å². The number of hydrogen-bond acceptors (Lipinski definition) is 3.